The Morgan fingerprint density at radius 2 is 1.69 bits per heavy atom. The van der Waals surface area contributed by atoms with Gasteiger partial charge in [0.1, 0.15) is 36.1 Å². The number of H-pyrrole nitrogens is 2. The molecule has 84 heavy (non-hydrogen) atoms. The lowest BCUT2D eigenvalue weighted by molar-refractivity contribution is -0.141. The Bertz CT molecular complexity index is 4070. The van der Waals surface area contributed by atoms with Crippen LogP contribution in [0.15, 0.2) is 95.1 Å². The van der Waals surface area contributed by atoms with E-state index in [0.29, 0.717) is 64.8 Å². The third-order valence-electron chi connectivity index (χ3n) is 17.2. The topological polar surface area (TPSA) is 247 Å². The van der Waals surface area contributed by atoms with Crippen LogP contribution in [0.3, 0.4) is 0 Å². The Balaban J connectivity index is 0.835. The van der Waals surface area contributed by atoms with Crippen molar-refractivity contribution in [2.24, 2.45) is 10.9 Å². The van der Waals surface area contributed by atoms with Gasteiger partial charge in [0.2, 0.25) is 5.91 Å². The van der Waals surface area contributed by atoms with Crippen molar-refractivity contribution in [2.45, 2.75) is 103 Å². The summed E-state index contributed by atoms with van der Waals surface area (Å²) in [6, 6.07) is 19.8. The number of anilines is 1. The summed E-state index contributed by atoms with van der Waals surface area (Å²) in [4.78, 5) is 67.0. The standard InChI is InChI=1S/C63H69N13O8/c1-6-75-51(17-20-65-75)40-13-11-39(12-14-40)50(33-77)67-60(79)52-28-41(78)31-74(52)62(81)57(35(2)3)76-32-47-43-15-8-37(27-49(43)66-61(80)56(47)71-76)34-83-58-54(53-36(4)7-16-48-46(53)30-64-70-48)44(38-9-10-38)29-45-55(58)68-63(84-42-18-25-82-26-19-42)69-59(45)73-23-21-72(5)22-24-73/h7-8,11-17,20,27,29-30,32,35,38,41-42,52,57,77-78H,6,9-10,18-19,21-26,28,31,33-34H2,1-5H3,(H,64,70)(H,66,80)/t41-,52+,57?/m1/s1. The number of aromatic nitrogens is 9. The highest BCUT2D eigenvalue weighted by atomic mass is 16.5. The first kappa shape index (κ1) is 54.9. The molecule has 13 rings (SSSR count). The van der Waals surface area contributed by atoms with Crippen molar-refractivity contribution in [2.75, 3.05) is 64.5 Å². The van der Waals surface area contributed by atoms with Crippen molar-refractivity contribution in [1.82, 2.24) is 54.5 Å². The van der Waals surface area contributed by atoms with E-state index in [1.165, 1.54) is 15.1 Å². The number of carbonyl (C=O) groups excluding carboxylic acids is 2. The first-order valence-corrected chi connectivity index (χ1v) is 29.3. The number of likely N-dealkylation sites (N-methyl/N-ethyl adjacent to an activating group) is 1. The number of ether oxygens (including phenoxy) is 3. The molecule has 3 atom stereocenters. The molecule has 4 aromatic carbocycles. The van der Waals surface area contributed by atoms with E-state index in [2.05, 4.69) is 67.2 Å². The summed E-state index contributed by atoms with van der Waals surface area (Å²) in [5.41, 5.74) is 9.36. The van der Waals surface area contributed by atoms with Gasteiger partial charge in [-0.2, -0.15) is 25.3 Å². The predicted molar refractivity (Wildman–Crippen MR) is 320 cm³/mol. The second kappa shape index (κ2) is 22.7. The van der Waals surface area contributed by atoms with Crippen molar-refractivity contribution >= 4 is 67.0 Å². The lowest BCUT2D eigenvalue weighted by atomic mass is 9.89. The van der Waals surface area contributed by atoms with E-state index in [4.69, 9.17) is 29.3 Å². The van der Waals surface area contributed by atoms with Crippen LogP contribution in [-0.4, -0.2) is 160 Å². The number of hydrogen-bond donors (Lipinski definition) is 4. The van der Waals surface area contributed by atoms with Gasteiger partial charge in [-0.1, -0.05) is 56.3 Å². The summed E-state index contributed by atoms with van der Waals surface area (Å²) in [6.45, 7) is 12.6. The molecule has 5 aromatic heterocycles. The predicted octanol–water partition coefficient (Wildman–Crippen LogP) is 7.49. The van der Waals surface area contributed by atoms with Crippen LogP contribution < -0.4 is 19.9 Å². The molecule has 1 aliphatic carbocycles. The number of aliphatic hydroxyl groups is 2. The largest absolute Gasteiger partial charge is 0.486 e. The van der Waals surface area contributed by atoms with Gasteiger partial charge in [-0.3, -0.25) is 28.8 Å². The number of carbonyl (C=O) groups is 2. The highest BCUT2D eigenvalue weighted by molar-refractivity contribution is 6.09. The third-order valence-corrected chi connectivity index (χ3v) is 17.2. The molecule has 1 saturated carbocycles. The van der Waals surface area contributed by atoms with Crippen LogP contribution in [0.4, 0.5) is 5.82 Å². The van der Waals surface area contributed by atoms with E-state index < -0.39 is 42.2 Å². The first-order chi connectivity index (χ1) is 40.8. The van der Waals surface area contributed by atoms with E-state index in [9.17, 15) is 24.6 Å². The van der Waals surface area contributed by atoms with Gasteiger partial charge < -0.3 is 44.1 Å². The van der Waals surface area contributed by atoms with Gasteiger partial charge in [-0.05, 0) is 103 Å². The maximum Gasteiger partial charge on any atom is 0.319 e. The zero-order valence-corrected chi connectivity index (χ0v) is 47.9. The summed E-state index contributed by atoms with van der Waals surface area (Å²) in [6.07, 6.45) is 7.75. The molecule has 3 aliphatic heterocycles. The average Bonchev–Trinajstić information content (AvgIpc) is 3.02. The summed E-state index contributed by atoms with van der Waals surface area (Å²) in [5, 5.41) is 41.4. The number of aromatic amines is 2. The van der Waals surface area contributed by atoms with Gasteiger partial charge in [0.15, 0.2) is 11.3 Å². The summed E-state index contributed by atoms with van der Waals surface area (Å²) < 4.78 is 23.0. The lowest BCUT2D eigenvalue weighted by Crippen LogP contribution is -2.45. The number of fused-ring (bicyclic) bond motifs is 5. The Kier molecular flexibility index (Phi) is 14.8. The van der Waals surface area contributed by atoms with Crippen LogP contribution in [-0.2, 0) is 27.5 Å². The lowest BCUT2D eigenvalue weighted by Gasteiger charge is -2.34. The van der Waals surface area contributed by atoms with Crippen molar-refractivity contribution < 1.29 is 34.0 Å². The SMILES string of the molecule is CCn1nccc1-c1ccc(C(CO)=NC(=O)[C@@H]2C[C@@H](O)CN2C(=O)C(C(C)C)n2cc3c(n2)c(=O)[nH]c2cc(COc4c(-c5c(C)ccc6[nH]ncc56)c(C5CC5)cc5c(N6CCN(C)CC6)nc(OC6CCOCC6)nc45)ccc23)cc1. The number of piperazine rings is 1. The van der Waals surface area contributed by atoms with Gasteiger partial charge >= 0.3 is 6.01 Å². The average molecular weight is 1140 g/mol. The zero-order chi connectivity index (χ0) is 57.9. The minimum Gasteiger partial charge on any atom is -0.486 e. The number of nitrogens with zero attached hydrogens (tertiary/aromatic N) is 11. The summed E-state index contributed by atoms with van der Waals surface area (Å²) in [7, 11) is 2.14. The second-order valence-corrected chi connectivity index (χ2v) is 23.2. The number of nitrogens with one attached hydrogen (secondary N) is 2. The molecule has 1 unspecified atom stereocenters. The number of benzene rings is 4. The van der Waals surface area contributed by atoms with Crippen LogP contribution in [0.25, 0.3) is 66.0 Å². The fourth-order valence-electron chi connectivity index (χ4n) is 12.5. The quantitative estimate of drug-likeness (QED) is 0.0685. The van der Waals surface area contributed by atoms with Crippen LogP contribution >= 0.6 is 0 Å². The Labute approximate surface area is 484 Å². The molecule has 21 nitrogen and oxygen atoms in total. The van der Waals surface area contributed by atoms with Gasteiger partial charge in [-0.25, -0.2) is 4.99 Å². The number of β-amino-alcohol motifs (C(OH)–C–C–N with tert-alkyl or cyclic N) is 1. The third kappa shape index (κ3) is 10.4. The molecule has 9 aromatic rings. The van der Waals surface area contributed by atoms with Gasteiger partial charge in [0.05, 0.1) is 49.0 Å². The molecular formula is C63H69N13O8. The Hall–Kier alpha value is -8.37. The molecule has 2 amide bonds. The summed E-state index contributed by atoms with van der Waals surface area (Å²) >= 11 is 0. The van der Waals surface area contributed by atoms with Crippen LogP contribution in [0.5, 0.6) is 11.8 Å². The van der Waals surface area contributed by atoms with Crippen LogP contribution in [0.1, 0.15) is 87.1 Å². The normalized spacial score (nSPS) is 18.7. The Morgan fingerprint density at radius 3 is 2.44 bits per heavy atom. The second-order valence-electron chi connectivity index (χ2n) is 23.2. The number of pyridine rings is 1. The zero-order valence-electron chi connectivity index (χ0n) is 47.9. The number of hydrogen-bond acceptors (Lipinski definition) is 15. The number of likely N-dealkylation sites (tertiary alicyclic amines) is 1. The molecule has 21 heteroatoms. The van der Waals surface area contributed by atoms with Gasteiger partial charge in [0, 0.05) is 104 Å². The molecule has 0 radical (unpaired) electrons. The van der Waals surface area contributed by atoms with E-state index in [1.807, 2.05) is 68.0 Å². The van der Waals surface area contributed by atoms with Crippen molar-refractivity contribution in [3.05, 3.63) is 118 Å². The molecule has 0 bridgehead atoms. The van der Waals surface area contributed by atoms with Crippen LogP contribution in [0, 0.1) is 12.8 Å². The maximum absolute atomic E-state index is 14.8. The first-order valence-electron chi connectivity index (χ1n) is 29.3. The summed E-state index contributed by atoms with van der Waals surface area (Å²) in [5.74, 6) is 0.271. The van der Waals surface area contributed by atoms with E-state index >= 15 is 0 Å². The fourth-order valence-corrected chi connectivity index (χ4v) is 12.5. The fraction of sp³-hybridized carbons (Fsp3) is 0.413. The van der Waals surface area contributed by atoms with Crippen molar-refractivity contribution in [3.8, 4) is 34.1 Å². The molecule has 0 spiro atoms. The monoisotopic (exact) mass is 1140 g/mol. The number of amides is 2. The molecule has 4 fully saturated rings. The molecule has 4 N–H and O–H groups in total. The van der Waals surface area contributed by atoms with Gasteiger partial charge in [-0.15, -0.1) is 0 Å². The van der Waals surface area contributed by atoms with E-state index in [0.717, 1.165) is 107 Å². The minimum atomic E-state index is -1.10. The molecule has 434 valence electrons. The highest BCUT2D eigenvalue weighted by Gasteiger charge is 2.43. The minimum absolute atomic E-state index is 0.0317. The number of rotatable bonds is 16. The number of aryl methyl sites for hydroxylation is 2. The van der Waals surface area contributed by atoms with Crippen molar-refractivity contribution in [3.63, 3.8) is 0 Å². The number of aliphatic hydroxyl groups excluding tert-OH is 2. The van der Waals surface area contributed by atoms with Crippen LogP contribution in [0.2, 0.25) is 0 Å². The highest BCUT2D eigenvalue weighted by Crippen LogP contribution is 2.53. The molecular weight excluding hydrogens is 1070 g/mol. The molecule has 4 aliphatic rings. The smallest absolute Gasteiger partial charge is 0.319 e. The molecule has 8 heterocycles. The number of aliphatic imine (C=N–C) groups is 1. The molecule has 3 saturated heterocycles. The van der Waals surface area contributed by atoms with Gasteiger partial charge in [0.25, 0.3) is 11.5 Å². The van der Waals surface area contributed by atoms with E-state index in [-0.39, 0.29) is 42.8 Å². The maximum atomic E-state index is 14.8. The van der Waals surface area contributed by atoms with Crippen molar-refractivity contribution in [1.29, 1.82) is 0 Å². The van der Waals surface area contributed by atoms with E-state index in [1.54, 1.807) is 24.5 Å². The Morgan fingerprint density at radius 1 is 0.893 bits per heavy atom.